The van der Waals surface area contributed by atoms with Gasteiger partial charge in [0.05, 0.1) is 30.7 Å². The molecule has 1 aliphatic rings. The Balaban J connectivity index is 2.25. The van der Waals surface area contributed by atoms with E-state index in [2.05, 4.69) is 4.74 Å². The van der Waals surface area contributed by atoms with Crippen molar-refractivity contribution in [3.8, 4) is 0 Å². The molecule has 0 radical (unpaired) electrons. The Morgan fingerprint density at radius 2 is 2.30 bits per heavy atom. The molecule has 0 spiro atoms. The highest BCUT2D eigenvalue weighted by atomic mass is 16.6. The molecule has 0 bridgehead atoms. The third-order valence-electron chi connectivity index (χ3n) is 3.34. The van der Waals surface area contributed by atoms with Crippen LogP contribution in [0.5, 0.6) is 0 Å². The van der Waals surface area contributed by atoms with Crippen LogP contribution in [0.1, 0.15) is 5.56 Å². The van der Waals surface area contributed by atoms with Crippen molar-refractivity contribution in [2.45, 2.75) is 13.0 Å². The SMILES string of the molecule is COC(=O)C1CN(c2cccc([N+](=O)[O-])c2C)CCO1. The van der Waals surface area contributed by atoms with E-state index in [1.807, 2.05) is 11.0 Å². The molecule has 1 aromatic rings. The van der Waals surface area contributed by atoms with E-state index >= 15 is 0 Å². The van der Waals surface area contributed by atoms with Gasteiger partial charge in [-0.3, -0.25) is 10.1 Å². The third kappa shape index (κ3) is 2.72. The summed E-state index contributed by atoms with van der Waals surface area (Å²) < 4.78 is 10.0. The van der Waals surface area contributed by atoms with Crippen molar-refractivity contribution in [3.05, 3.63) is 33.9 Å². The lowest BCUT2D eigenvalue weighted by atomic mass is 10.1. The minimum Gasteiger partial charge on any atom is -0.467 e. The first-order valence-corrected chi connectivity index (χ1v) is 6.23. The predicted molar refractivity (Wildman–Crippen MR) is 71.8 cm³/mol. The van der Waals surface area contributed by atoms with E-state index in [9.17, 15) is 14.9 Å². The monoisotopic (exact) mass is 280 g/mol. The van der Waals surface area contributed by atoms with Gasteiger partial charge in [-0.05, 0) is 13.0 Å². The van der Waals surface area contributed by atoms with Gasteiger partial charge in [0, 0.05) is 18.3 Å². The first-order chi connectivity index (χ1) is 9.54. The van der Waals surface area contributed by atoms with Gasteiger partial charge < -0.3 is 14.4 Å². The topological polar surface area (TPSA) is 81.9 Å². The molecule has 0 N–H and O–H groups in total. The van der Waals surface area contributed by atoms with Crippen LogP contribution >= 0.6 is 0 Å². The van der Waals surface area contributed by atoms with Crippen molar-refractivity contribution in [2.24, 2.45) is 0 Å². The summed E-state index contributed by atoms with van der Waals surface area (Å²) in [4.78, 5) is 24.0. The summed E-state index contributed by atoms with van der Waals surface area (Å²) in [6.45, 7) is 2.99. The number of hydrogen-bond acceptors (Lipinski definition) is 6. The van der Waals surface area contributed by atoms with Crippen LogP contribution in [-0.2, 0) is 14.3 Å². The lowest BCUT2D eigenvalue weighted by molar-refractivity contribution is -0.385. The highest BCUT2D eigenvalue weighted by Gasteiger charge is 2.29. The van der Waals surface area contributed by atoms with Gasteiger partial charge in [0.15, 0.2) is 6.10 Å². The van der Waals surface area contributed by atoms with Crippen LogP contribution in [0, 0.1) is 17.0 Å². The molecule has 0 saturated carbocycles. The van der Waals surface area contributed by atoms with Crippen molar-refractivity contribution in [3.63, 3.8) is 0 Å². The molecule has 2 rings (SSSR count). The number of benzene rings is 1. The molecule has 1 atom stereocenters. The van der Waals surface area contributed by atoms with Gasteiger partial charge in [-0.25, -0.2) is 4.79 Å². The van der Waals surface area contributed by atoms with E-state index < -0.39 is 17.0 Å². The maximum absolute atomic E-state index is 11.5. The van der Waals surface area contributed by atoms with Crippen molar-refractivity contribution in [1.82, 2.24) is 0 Å². The molecule has 108 valence electrons. The molecule has 20 heavy (non-hydrogen) atoms. The molecule has 1 saturated heterocycles. The van der Waals surface area contributed by atoms with Crippen LogP contribution in [0.4, 0.5) is 11.4 Å². The summed E-state index contributed by atoms with van der Waals surface area (Å²) in [5, 5.41) is 11.0. The van der Waals surface area contributed by atoms with Gasteiger partial charge in [0.25, 0.3) is 5.69 Å². The second kappa shape index (κ2) is 5.87. The number of esters is 1. The second-order valence-electron chi connectivity index (χ2n) is 4.51. The molecule has 1 heterocycles. The van der Waals surface area contributed by atoms with Gasteiger partial charge in [0.1, 0.15) is 0 Å². The minimum atomic E-state index is -0.660. The number of anilines is 1. The summed E-state index contributed by atoms with van der Waals surface area (Å²) in [5.41, 5.74) is 1.41. The van der Waals surface area contributed by atoms with Crippen LogP contribution < -0.4 is 4.90 Å². The molecular weight excluding hydrogens is 264 g/mol. The fourth-order valence-corrected chi connectivity index (χ4v) is 2.29. The van der Waals surface area contributed by atoms with Crippen molar-refractivity contribution in [1.29, 1.82) is 0 Å². The van der Waals surface area contributed by atoms with Crippen molar-refractivity contribution < 1.29 is 19.2 Å². The molecular formula is C13H16N2O5. The molecule has 0 aliphatic carbocycles. The third-order valence-corrected chi connectivity index (χ3v) is 3.34. The number of nitro benzene ring substituents is 1. The lowest BCUT2D eigenvalue weighted by Gasteiger charge is -2.33. The van der Waals surface area contributed by atoms with E-state index in [-0.39, 0.29) is 5.69 Å². The molecule has 0 amide bonds. The van der Waals surface area contributed by atoms with Crippen molar-refractivity contribution >= 4 is 17.3 Å². The number of hydrogen-bond donors (Lipinski definition) is 0. The molecule has 1 unspecified atom stereocenters. The Labute approximate surface area is 116 Å². The van der Waals surface area contributed by atoms with Crippen LogP contribution in [-0.4, -0.2) is 43.8 Å². The summed E-state index contributed by atoms with van der Waals surface area (Å²) in [6.07, 6.45) is -0.660. The fourth-order valence-electron chi connectivity index (χ4n) is 2.29. The summed E-state index contributed by atoms with van der Waals surface area (Å²) in [6, 6.07) is 4.92. The zero-order valence-electron chi connectivity index (χ0n) is 11.4. The fraction of sp³-hybridized carbons (Fsp3) is 0.462. The quantitative estimate of drug-likeness (QED) is 0.471. The molecule has 1 aromatic carbocycles. The van der Waals surface area contributed by atoms with Gasteiger partial charge >= 0.3 is 5.97 Å². The number of carbonyl (C=O) groups excluding carboxylic acids is 1. The maximum Gasteiger partial charge on any atom is 0.336 e. The number of ether oxygens (including phenoxy) is 2. The zero-order valence-corrected chi connectivity index (χ0v) is 11.4. The van der Waals surface area contributed by atoms with Gasteiger partial charge in [-0.1, -0.05) is 6.07 Å². The Morgan fingerprint density at radius 1 is 1.55 bits per heavy atom. The average Bonchev–Trinajstić information content (AvgIpc) is 2.46. The number of morpholine rings is 1. The second-order valence-corrected chi connectivity index (χ2v) is 4.51. The van der Waals surface area contributed by atoms with E-state index in [1.54, 1.807) is 13.0 Å². The lowest BCUT2D eigenvalue weighted by Crippen LogP contribution is -2.46. The molecule has 0 aromatic heterocycles. The number of nitrogens with zero attached hydrogens (tertiary/aromatic N) is 2. The van der Waals surface area contributed by atoms with Crippen LogP contribution in [0.15, 0.2) is 18.2 Å². The number of nitro groups is 1. The van der Waals surface area contributed by atoms with Gasteiger partial charge in [-0.15, -0.1) is 0 Å². The van der Waals surface area contributed by atoms with Gasteiger partial charge in [-0.2, -0.15) is 0 Å². The summed E-state index contributed by atoms with van der Waals surface area (Å²) in [7, 11) is 1.31. The average molecular weight is 280 g/mol. The minimum absolute atomic E-state index is 0.0728. The highest BCUT2D eigenvalue weighted by molar-refractivity contribution is 5.76. The highest BCUT2D eigenvalue weighted by Crippen LogP contribution is 2.29. The normalized spacial score (nSPS) is 18.7. The van der Waals surface area contributed by atoms with E-state index in [4.69, 9.17) is 4.74 Å². The summed E-state index contributed by atoms with van der Waals surface area (Å²) >= 11 is 0. The van der Waals surface area contributed by atoms with Gasteiger partial charge in [0.2, 0.25) is 0 Å². The number of rotatable bonds is 3. The largest absolute Gasteiger partial charge is 0.467 e. The number of carbonyl (C=O) groups is 1. The Hall–Kier alpha value is -2.15. The van der Waals surface area contributed by atoms with E-state index in [0.29, 0.717) is 25.3 Å². The van der Waals surface area contributed by atoms with E-state index in [1.165, 1.54) is 13.2 Å². The molecule has 7 nitrogen and oxygen atoms in total. The van der Waals surface area contributed by atoms with Crippen LogP contribution in [0.3, 0.4) is 0 Å². The maximum atomic E-state index is 11.5. The van der Waals surface area contributed by atoms with Crippen LogP contribution in [0.25, 0.3) is 0 Å². The first-order valence-electron chi connectivity index (χ1n) is 6.23. The standard InChI is InChI=1S/C13H16N2O5/c1-9-10(4-3-5-11(9)15(17)18)14-6-7-20-12(8-14)13(16)19-2/h3-5,12H,6-8H2,1-2H3. The Bertz CT molecular complexity index is 531. The Kier molecular flexibility index (Phi) is 4.19. The summed E-state index contributed by atoms with van der Waals surface area (Å²) in [5.74, 6) is -0.433. The smallest absolute Gasteiger partial charge is 0.336 e. The van der Waals surface area contributed by atoms with Crippen molar-refractivity contribution in [2.75, 3.05) is 31.7 Å². The molecule has 7 heteroatoms. The number of methoxy groups -OCH3 is 1. The molecule has 1 aliphatic heterocycles. The predicted octanol–water partition coefficient (Wildman–Crippen LogP) is 1.28. The van der Waals surface area contributed by atoms with Crippen LogP contribution in [0.2, 0.25) is 0 Å². The first kappa shape index (κ1) is 14.3. The Morgan fingerprint density at radius 3 is 2.95 bits per heavy atom. The van der Waals surface area contributed by atoms with E-state index in [0.717, 1.165) is 5.69 Å². The molecule has 1 fully saturated rings. The zero-order chi connectivity index (χ0) is 14.7.